The number of pyridine rings is 1. The van der Waals surface area contributed by atoms with Gasteiger partial charge in [0.15, 0.2) is 0 Å². The van der Waals surface area contributed by atoms with Crippen molar-refractivity contribution in [2.45, 2.75) is 18.9 Å². The molecule has 0 aliphatic carbocycles. The lowest BCUT2D eigenvalue weighted by atomic mass is 10.3. The van der Waals surface area contributed by atoms with E-state index in [1.165, 1.54) is 0 Å². The van der Waals surface area contributed by atoms with Gasteiger partial charge in [-0.1, -0.05) is 18.2 Å². The van der Waals surface area contributed by atoms with E-state index in [1.54, 1.807) is 11.8 Å². The fourth-order valence-electron chi connectivity index (χ4n) is 2.93. The van der Waals surface area contributed by atoms with Crippen molar-refractivity contribution in [2.75, 3.05) is 6.26 Å². The van der Waals surface area contributed by atoms with Gasteiger partial charge in [-0.3, -0.25) is 4.79 Å². The highest BCUT2D eigenvalue weighted by molar-refractivity contribution is 7.97. The third-order valence-electron chi connectivity index (χ3n) is 4.09. The van der Waals surface area contributed by atoms with E-state index in [2.05, 4.69) is 9.97 Å². The summed E-state index contributed by atoms with van der Waals surface area (Å²) in [5, 5.41) is 0. The maximum absolute atomic E-state index is 12.4. The number of esters is 1. The minimum Gasteiger partial charge on any atom is -0.458 e. The molecule has 4 rings (SSSR count). The average Bonchev–Trinajstić information content (AvgIpc) is 3.22. The Morgan fingerprint density at radius 3 is 2.85 bits per heavy atom. The lowest BCUT2D eigenvalue weighted by Crippen LogP contribution is -2.15. The first-order chi connectivity index (χ1) is 12.7. The molecule has 0 atom stereocenters. The van der Waals surface area contributed by atoms with E-state index >= 15 is 0 Å². The molecule has 0 N–H and O–H groups in total. The van der Waals surface area contributed by atoms with Gasteiger partial charge in [0.1, 0.15) is 24.6 Å². The van der Waals surface area contributed by atoms with Gasteiger partial charge in [0, 0.05) is 12.4 Å². The van der Waals surface area contributed by atoms with Crippen LogP contribution in [0.15, 0.2) is 54.9 Å². The zero-order valence-electron chi connectivity index (χ0n) is 14.3. The van der Waals surface area contributed by atoms with E-state index in [1.807, 2.05) is 70.1 Å². The van der Waals surface area contributed by atoms with E-state index in [9.17, 15) is 4.79 Å². The minimum atomic E-state index is -0.299. The second-order valence-electron chi connectivity index (χ2n) is 5.89. The highest BCUT2D eigenvalue weighted by Gasteiger charge is 2.14. The average molecular weight is 366 g/mol. The number of nitrogens with zero attached hydrogens (tertiary/aromatic N) is 4. The Bertz CT molecular complexity index is 1040. The number of imidazole rings is 2. The summed E-state index contributed by atoms with van der Waals surface area (Å²) in [7, 11) is 0. The molecule has 132 valence electrons. The SMILES string of the molecule is CSCc1nc2ccccc2n1CC(=O)OCc1cn2ccccc2n1. The molecule has 0 fully saturated rings. The molecular weight excluding hydrogens is 348 g/mol. The van der Waals surface area contributed by atoms with Gasteiger partial charge < -0.3 is 13.7 Å². The van der Waals surface area contributed by atoms with Crippen molar-refractivity contribution in [1.29, 1.82) is 0 Å². The lowest BCUT2D eigenvalue weighted by Gasteiger charge is -2.08. The van der Waals surface area contributed by atoms with Crippen molar-refractivity contribution in [3.8, 4) is 0 Å². The zero-order valence-corrected chi connectivity index (χ0v) is 15.1. The maximum Gasteiger partial charge on any atom is 0.326 e. The molecule has 4 aromatic rings. The summed E-state index contributed by atoms with van der Waals surface area (Å²) < 4.78 is 9.28. The molecule has 3 aromatic heterocycles. The molecule has 7 heteroatoms. The van der Waals surface area contributed by atoms with Crippen LogP contribution in [0, 0.1) is 0 Å². The highest BCUT2D eigenvalue weighted by atomic mass is 32.2. The molecule has 0 unspecified atom stereocenters. The van der Waals surface area contributed by atoms with E-state index < -0.39 is 0 Å². The number of hydrogen-bond acceptors (Lipinski definition) is 5. The number of carbonyl (C=O) groups excluding carboxylic acids is 1. The van der Waals surface area contributed by atoms with Crippen molar-refractivity contribution in [2.24, 2.45) is 0 Å². The van der Waals surface area contributed by atoms with Crippen molar-refractivity contribution < 1.29 is 9.53 Å². The highest BCUT2D eigenvalue weighted by Crippen LogP contribution is 2.19. The van der Waals surface area contributed by atoms with Crippen LogP contribution >= 0.6 is 11.8 Å². The molecule has 0 saturated carbocycles. The van der Waals surface area contributed by atoms with Crippen LogP contribution in [-0.4, -0.2) is 31.2 Å². The molecule has 0 saturated heterocycles. The Morgan fingerprint density at radius 2 is 2.00 bits per heavy atom. The first-order valence-electron chi connectivity index (χ1n) is 8.26. The van der Waals surface area contributed by atoms with Crippen LogP contribution in [0.5, 0.6) is 0 Å². The third-order valence-corrected chi connectivity index (χ3v) is 4.64. The third kappa shape index (κ3) is 3.30. The van der Waals surface area contributed by atoms with Crippen molar-refractivity contribution >= 4 is 34.4 Å². The number of fused-ring (bicyclic) bond motifs is 2. The van der Waals surface area contributed by atoms with Gasteiger partial charge in [-0.15, -0.1) is 0 Å². The van der Waals surface area contributed by atoms with Crippen molar-refractivity contribution in [3.05, 3.63) is 66.4 Å². The summed E-state index contributed by atoms with van der Waals surface area (Å²) in [6.07, 6.45) is 5.81. The lowest BCUT2D eigenvalue weighted by molar-refractivity contribution is -0.145. The quantitative estimate of drug-likeness (QED) is 0.490. The Hall–Kier alpha value is -2.80. The van der Waals surface area contributed by atoms with Crippen LogP contribution in [0.25, 0.3) is 16.7 Å². The van der Waals surface area contributed by atoms with Gasteiger partial charge in [0.25, 0.3) is 0 Å². The summed E-state index contributed by atoms with van der Waals surface area (Å²) in [4.78, 5) is 21.5. The molecule has 0 spiro atoms. The Balaban J connectivity index is 1.49. The first-order valence-corrected chi connectivity index (χ1v) is 9.65. The monoisotopic (exact) mass is 366 g/mol. The standard InChI is InChI=1S/C19H18N4O2S/c1-26-13-18-21-15-6-2-3-7-16(15)23(18)11-19(24)25-12-14-10-22-9-5-4-8-17(22)20-14/h2-10H,11-13H2,1H3. The number of thioether (sulfide) groups is 1. The number of benzene rings is 1. The van der Waals surface area contributed by atoms with Gasteiger partial charge in [-0.2, -0.15) is 11.8 Å². The van der Waals surface area contributed by atoms with Crippen LogP contribution in [0.4, 0.5) is 0 Å². The summed E-state index contributed by atoms with van der Waals surface area (Å²) >= 11 is 1.68. The maximum atomic E-state index is 12.4. The molecule has 6 nitrogen and oxygen atoms in total. The van der Waals surface area contributed by atoms with Crippen LogP contribution in [0.3, 0.4) is 0 Å². The molecule has 26 heavy (non-hydrogen) atoms. The zero-order chi connectivity index (χ0) is 17.9. The van der Waals surface area contributed by atoms with E-state index in [-0.39, 0.29) is 19.1 Å². The molecule has 0 amide bonds. The predicted molar refractivity (Wildman–Crippen MR) is 102 cm³/mol. The van der Waals surface area contributed by atoms with E-state index in [0.717, 1.165) is 34.0 Å². The molecule has 0 aliphatic heterocycles. The smallest absolute Gasteiger partial charge is 0.326 e. The number of hydrogen-bond donors (Lipinski definition) is 0. The topological polar surface area (TPSA) is 61.4 Å². The number of ether oxygens (including phenoxy) is 1. The molecule has 3 heterocycles. The summed E-state index contributed by atoms with van der Waals surface area (Å²) in [6, 6.07) is 13.6. The van der Waals surface area contributed by atoms with Crippen LogP contribution in [0.2, 0.25) is 0 Å². The van der Waals surface area contributed by atoms with Crippen molar-refractivity contribution in [3.63, 3.8) is 0 Å². The van der Waals surface area contributed by atoms with Gasteiger partial charge in [-0.25, -0.2) is 9.97 Å². The van der Waals surface area contributed by atoms with Gasteiger partial charge in [0.05, 0.1) is 22.5 Å². The number of aromatic nitrogens is 4. The molecule has 0 bridgehead atoms. The Morgan fingerprint density at radius 1 is 1.15 bits per heavy atom. The van der Waals surface area contributed by atoms with Crippen LogP contribution in [0.1, 0.15) is 11.5 Å². The van der Waals surface area contributed by atoms with Gasteiger partial charge in [-0.05, 0) is 30.5 Å². The van der Waals surface area contributed by atoms with E-state index in [0.29, 0.717) is 0 Å². The number of para-hydroxylation sites is 2. The Labute approximate surface area is 154 Å². The Kier molecular flexibility index (Phi) is 4.62. The second-order valence-corrected chi connectivity index (χ2v) is 6.76. The largest absolute Gasteiger partial charge is 0.458 e. The van der Waals surface area contributed by atoms with Crippen molar-refractivity contribution in [1.82, 2.24) is 18.9 Å². The number of rotatable bonds is 6. The predicted octanol–water partition coefficient (Wildman–Crippen LogP) is 3.29. The summed E-state index contributed by atoms with van der Waals surface area (Å²) in [5.41, 5.74) is 3.40. The van der Waals surface area contributed by atoms with Gasteiger partial charge >= 0.3 is 5.97 Å². The molecular formula is C19H18N4O2S. The van der Waals surface area contributed by atoms with Crippen LogP contribution in [-0.2, 0) is 28.4 Å². The molecule has 1 aromatic carbocycles. The second kappa shape index (κ2) is 7.21. The number of carbonyl (C=O) groups is 1. The fraction of sp³-hybridized carbons (Fsp3) is 0.211. The van der Waals surface area contributed by atoms with Gasteiger partial charge in [0.2, 0.25) is 0 Å². The molecule has 0 aliphatic rings. The fourth-order valence-corrected chi connectivity index (χ4v) is 3.41. The normalized spacial score (nSPS) is 11.3. The minimum absolute atomic E-state index is 0.143. The van der Waals surface area contributed by atoms with Crippen LogP contribution < -0.4 is 0 Å². The summed E-state index contributed by atoms with van der Waals surface area (Å²) in [6.45, 7) is 0.300. The summed E-state index contributed by atoms with van der Waals surface area (Å²) in [5.74, 6) is 1.32. The van der Waals surface area contributed by atoms with E-state index in [4.69, 9.17) is 4.74 Å². The first kappa shape index (κ1) is 16.7. The molecule has 0 radical (unpaired) electrons.